The van der Waals surface area contributed by atoms with Gasteiger partial charge in [-0.15, -0.1) is 0 Å². The molecule has 0 atom stereocenters. The number of hydrogen-bond acceptors (Lipinski definition) is 5. The number of nitrogens with one attached hydrogen (secondary N) is 1. The largest absolute Gasteiger partial charge is 0.454 e. The lowest BCUT2D eigenvalue weighted by atomic mass is 10.00. The van der Waals surface area contributed by atoms with E-state index >= 15 is 0 Å². The number of carbonyl (C=O) groups excluding carboxylic acids is 3. The van der Waals surface area contributed by atoms with Crippen molar-refractivity contribution in [1.29, 1.82) is 0 Å². The molecule has 8 nitrogen and oxygen atoms in total. The molecule has 1 N–H and O–H groups in total. The average molecular weight is 331 g/mol. The Morgan fingerprint density at radius 2 is 1.83 bits per heavy atom. The Labute approximate surface area is 138 Å². The zero-order chi connectivity index (χ0) is 16.7. The molecule has 3 aliphatic rings. The number of fused-ring (bicyclic) bond motifs is 1. The number of hydrogen-bond donors (Lipinski definition) is 1. The van der Waals surface area contributed by atoms with E-state index in [2.05, 4.69) is 5.32 Å². The number of rotatable bonds is 3. The van der Waals surface area contributed by atoms with Crippen molar-refractivity contribution in [2.24, 2.45) is 5.92 Å². The fourth-order valence-electron chi connectivity index (χ4n) is 3.11. The third-order valence-corrected chi connectivity index (χ3v) is 4.46. The second-order valence-corrected chi connectivity index (χ2v) is 6.17. The lowest BCUT2D eigenvalue weighted by molar-refractivity contribution is -0.139. The van der Waals surface area contributed by atoms with Gasteiger partial charge in [-0.2, -0.15) is 0 Å². The summed E-state index contributed by atoms with van der Waals surface area (Å²) in [7, 11) is 0. The minimum Gasteiger partial charge on any atom is -0.454 e. The van der Waals surface area contributed by atoms with Crippen LogP contribution < -0.4 is 14.8 Å². The lowest BCUT2D eigenvalue weighted by Crippen LogP contribution is -2.55. The predicted molar refractivity (Wildman–Crippen MR) is 82.6 cm³/mol. The molecule has 3 heterocycles. The summed E-state index contributed by atoms with van der Waals surface area (Å²) < 4.78 is 10.5. The van der Waals surface area contributed by atoms with Crippen molar-refractivity contribution in [3.63, 3.8) is 0 Å². The van der Waals surface area contributed by atoms with Gasteiger partial charge < -0.3 is 19.7 Å². The van der Waals surface area contributed by atoms with Gasteiger partial charge in [-0.3, -0.25) is 14.5 Å². The first-order chi connectivity index (χ1) is 11.6. The number of benzene rings is 1. The van der Waals surface area contributed by atoms with E-state index in [-0.39, 0.29) is 30.6 Å². The highest BCUT2D eigenvalue weighted by Crippen LogP contribution is 2.34. The highest BCUT2D eigenvalue weighted by Gasteiger charge is 2.37. The first-order valence-corrected chi connectivity index (χ1v) is 7.89. The molecule has 0 saturated carbocycles. The fraction of sp³-hybridized carbons (Fsp3) is 0.438. The molecule has 0 spiro atoms. The average Bonchev–Trinajstić information content (AvgIpc) is 3.10. The summed E-state index contributed by atoms with van der Waals surface area (Å²) in [5.74, 6) is 1.21. The number of carbonyl (C=O) groups is 3. The van der Waals surface area contributed by atoms with Crippen molar-refractivity contribution in [3.8, 4) is 11.5 Å². The topological polar surface area (TPSA) is 88.2 Å². The standard InChI is InChI=1S/C16H17N3O5/c20-14-3-4-15(21)19(14)8-10-6-18(7-10)16(22)17-11-1-2-12-13(5-11)24-9-23-12/h1-2,5,10H,3-4,6-9H2,(H,17,22). The summed E-state index contributed by atoms with van der Waals surface area (Å²) in [4.78, 5) is 38.4. The van der Waals surface area contributed by atoms with Gasteiger partial charge in [-0.1, -0.05) is 0 Å². The van der Waals surface area contributed by atoms with Gasteiger partial charge in [0.15, 0.2) is 11.5 Å². The maximum atomic E-state index is 12.2. The molecule has 0 radical (unpaired) electrons. The first kappa shape index (κ1) is 14.8. The Morgan fingerprint density at radius 1 is 1.12 bits per heavy atom. The molecule has 0 bridgehead atoms. The summed E-state index contributed by atoms with van der Waals surface area (Å²) in [6, 6.07) is 5.02. The van der Waals surface area contributed by atoms with Crippen LogP contribution in [0.25, 0.3) is 0 Å². The summed E-state index contributed by atoms with van der Waals surface area (Å²) in [6.07, 6.45) is 0.611. The number of urea groups is 1. The summed E-state index contributed by atoms with van der Waals surface area (Å²) in [5.41, 5.74) is 0.637. The van der Waals surface area contributed by atoms with Crippen LogP contribution in [0.1, 0.15) is 12.8 Å². The van der Waals surface area contributed by atoms with Gasteiger partial charge in [0.2, 0.25) is 18.6 Å². The minimum absolute atomic E-state index is 0.108. The fourth-order valence-corrected chi connectivity index (χ4v) is 3.11. The normalized spacial score (nSPS) is 19.7. The van der Waals surface area contributed by atoms with Gasteiger partial charge in [0.05, 0.1) is 0 Å². The van der Waals surface area contributed by atoms with Crippen molar-refractivity contribution in [3.05, 3.63) is 18.2 Å². The molecule has 0 aliphatic carbocycles. The summed E-state index contributed by atoms with van der Waals surface area (Å²) in [5, 5.41) is 2.81. The van der Waals surface area contributed by atoms with Gasteiger partial charge >= 0.3 is 6.03 Å². The van der Waals surface area contributed by atoms with Crippen molar-refractivity contribution < 1.29 is 23.9 Å². The maximum Gasteiger partial charge on any atom is 0.321 e. The highest BCUT2D eigenvalue weighted by atomic mass is 16.7. The number of anilines is 1. The van der Waals surface area contributed by atoms with E-state index in [1.807, 2.05) is 0 Å². The van der Waals surface area contributed by atoms with E-state index in [9.17, 15) is 14.4 Å². The minimum atomic E-state index is -0.204. The number of likely N-dealkylation sites (tertiary alicyclic amines) is 2. The molecular formula is C16H17N3O5. The SMILES string of the molecule is O=C(Nc1ccc2c(c1)OCO2)N1CC(CN2C(=O)CCC2=O)C1. The van der Waals surface area contributed by atoms with E-state index in [0.29, 0.717) is 49.7 Å². The summed E-state index contributed by atoms with van der Waals surface area (Å²) in [6.45, 7) is 1.67. The maximum absolute atomic E-state index is 12.2. The molecule has 4 rings (SSSR count). The molecule has 1 aromatic carbocycles. The number of nitrogens with zero attached hydrogens (tertiary/aromatic N) is 2. The molecule has 2 fully saturated rings. The van der Waals surface area contributed by atoms with Crippen molar-refractivity contribution in [2.75, 3.05) is 31.7 Å². The van der Waals surface area contributed by atoms with Crippen LogP contribution in [0.2, 0.25) is 0 Å². The van der Waals surface area contributed by atoms with E-state index in [0.717, 1.165) is 0 Å². The van der Waals surface area contributed by atoms with Crippen LogP contribution in [0, 0.1) is 5.92 Å². The molecule has 0 unspecified atom stereocenters. The van der Waals surface area contributed by atoms with Gasteiger partial charge in [0, 0.05) is 50.1 Å². The van der Waals surface area contributed by atoms with Crippen LogP contribution in [0.15, 0.2) is 18.2 Å². The zero-order valence-electron chi connectivity index (χ0n) is 13.0. The summed E-state index contributed by atoms with van der Waals surface area (Å²) >= 11 is 0. The monoisotopic (exact) mass is 331 g/mol. The van der Waals surface area contributed by atoms with Gasteiger partial charge in [-0.05, 0) is 12.1 Å². The van der Waals surface area contributed by atoms with Crippen LogP contribution in [0.4, 0.5) is 10.5 Å². The Bertz CT molecular complexity index is 698. The van der Waals surface area contributed by atoms with Crippen LogP contribution >= 0.6 is 0 Å². The molecule has 2 saturated heterocycles. The number of ether oxygens (including phenoxy) is 2. The molecule has 0 aromatic heterocycles. The lowest BCUT2D eigenvalue weighted by Gasteiger charge is -2.40. The Hall–Kier alpha value is -2.77. The van der Waals surface area contributed by atoms with Crippen molar-refractivity contribution in [2.45, 2.75) is 12.8 Å². The van der Waals surface area contributed by atoms with Crippen LogP contribution in [-0.4, -0.2) is 54.1 Å². The molecule has 126 valence electrons. The van der Waals surface area contributed by atoms with Crippen molar-refractivity contribution in [1.82, 2.24) is 9.80 Å². The van der Waals surface area contributed by atoms with Crippen LogP contribution in [0.3, 0.4) is 0 Å². The third-order valence-electron chi connectivity index (χ3n) is 4.46. The quantitative estimate of drug-likeness (QED) is 0.836. The molecular weight excluding hydrogens is 314 g/mol. The molecule has 3 aliphatic heterocycles. The van der Waals surface area contributed by atoms with E-state index in [4.69, 9.17) is 9.47 Å². The van der Waals surface area contributed by atoms with E-state index < -0.39 is 0 Å². The molecule has 8 heteroatoms. The molecule has 24 heavy (non-hydrogen) atoms. The van der Waals surface area contributed by atoms with Gasteiger partial charge in [0.25, 0.3) is 0 Å². The van der Waals surface area contributed by atoms with Gasteiger partial charge in [0.1, 0.15) is 0 Å². The highest BCUT2D eigenvalue weighted by molar-refractivity contribution is 6.02. The van der Waals surface area contributed by atoms with E-state index in [1.165, 1.54) is 4.90 Å². The Balaban J connectivity index is 1.28. The number of amides is 4. The molecule has 4 amide bonds. The van der Waals surface area contributed by atoms with Gasteiger partial charge in [-0.25, -0.2) is 4.79 Å². The molecule has 1 aromatic rings. The van der Waals surface area contributed by atoms with E-state index in [1.54, 1.807) is 23.1 Å². The second-order valence-electron chi connectivity index (χ2n) is 6.17. The van der Waals surface area contributed by atoms with Crippen LogP contribution in [0.5, 0.6) is 11.5 Å². The van der Waals surface area contributed by atoms with Crippen molar-refractivity contribution >= 4 is 23.5 Å². The predicted octanol–water partition coefficient (Wildman–Crippen LogP) is 1.03. The third kappa shape index (κ3) is 2.64. The Morgan fingerprint density at radius 3 is 2.58 bits per heavy atom. The zero-order valence-corrected chi connectivity index (χ0v) is 13.0. The first-order valence-electron chi connectivity index (χ1n) is 7.89. The second kappa shape index (κ2) is 5.70. The smallest absolute Gasteiger partial charge is 0.321 e. The Kier molecular flexibility index (Phi) is 3.51. The number of imide groups is 1. The van der Waals surface area contributed by atoms with Crippen LogP contribution in [-0.2, 0) is 9.59 Å².